The fraction of sp³-hybridized carbons (Fsp3) is 0.0980. The molecule has 0 radical (unpaired) electrons. The summed E-state index contributed by atoms with van der Waals surface area (Å²) in [5.41, 5.74) is 14.9. The van der Waals surface area contributed by atoms with Crippen molar-refractivity contribution in [3.8, 4) is 11.1 Å². The van der Waals surface area contributed by atoms with Crippen LogP contribution < -0.4 is 0 Å². The first-order valence-corrected chi connectivity index (χ1v) is 18.6. The van der Waals surface area contributed by atoms with Crippen LogP contribution in [0.4, 0.5) is 0 Å². The first-order valence-electron chi connectivity index (χ1n) is 18.6. The Kier molecular flexibility index (Phi) is 6.49. The van der Waals surface area contributed by atoms with E-state index in [-0.39, 0.29) is 5.92 Å². The minimum Gasteiger partial charge on any atom is -0.456 e. The van der Waals surface area contributed by atoms with Crippen molar-refractivity contribution < 1.29 is 4.42 Å². The molecule has 0 aliphatic heterocycles. The Morgan fingerprint density at radius 2 is 1.23 bits per heavy atom. The quantitative estimate of drug-likeness (QED) is 0.182. The van der Waals surface area contributed by atoms with Gasteiger partial charge < -0.3 is 4.42 Å². The first-order chi connectivity index (χ1) is 25.8. The molecule has 0 fully saturated rings. The largest absolute Gasteiger partial charge is 0.456 e. The van der Waals surface area contributed by atoms with Crippen LogP contribution >= 0.6 is 0 Å². The lowest BCUT2D eigenvalue weighted by molar-refractivity contribution is 0.503. The summed E-state index contributed by atoms with van der Waals surface area (Å²) >= 11 is 0. The van der Waals surface area contributed by atoms with E-state index < -0.39 is 5.41 Å². The lowest BCUT2D eigenvalue weighted by Gasteiger charge is -2.40. The molecule has 1 aromatic heterocycles. The summed E-state index contributed by atoms with van der Waals surface area (Å²) in [6.45, 7) is 0. The third-order valence-electron chi connectivity index (χ3n) is 12.0. The van der Waals surface area contributed by atoms with E-state index in [0.717, 1.165) is 24.0 Å². The molecule has 11 rings (SSSR count). The van der Waals surface area contributed by atoms with Gasteiger partial charge in [-0.1, -0.05) is 152 Å². The van der Waals surface area contributed by atoms with Gasteiger partial charge in [-0.25, -0.2) is 0 Å². The number of benzene rings is 7. The van der Waals surface area contributed by atoms with E-state index in [1.165, 1.54) is 77.2 Å². The Balaban J connectivity index is 1.20. The highest BCUT2D eigenvalue weighted by molar-refractivity contribution is 6.10. The van der Waals surface area contributed by atoms with Gasteiger partial charge >= 0.3 is 0 Å². The molecule has 0 saturated heterocycles. The van der Waals surface area contributed by atoms with Crippen LogP contribution in [0.1, 0.15) is 46.6 Å². The summed E-state index contributed by atoms with van der Waals surface area (Å²) < 4.78 is 6.48. The monoisotopic (exact) mass is 664 g/mol. The fourth-order valence-corrected chi connectivity index (χ4v) is 9.76. The van der Waals surface area contributed by atoms with Gasteiger partial charge in [0.1, 0.15) is 11.2 Å². The first kappa shape index (κ1) is 29.5. The van der Waals surface area contributed by atoms with Gasteiger partial charge in [-0.05, 0) is 116 Å². The Morgan fingerprint density at radius 1 is 0.558 bits per heavy atom. The van der Waals surface area contributed by atoms with Gasteiger partial charge in [0.25, 0.3) is 0 Å². The van der Waals surface area contributed by atoms with E-state index in [4.69, 9.17) is 4.42 Å². The summed E-state index contributed by atoms with van der Waals surface area (Å²) in [6, 6.07) is 60.6. The van der Waals surface area contributed by atoms with Crippen LogP contribution in [-0.2, 0) is 5.41 Å². The molecule has 1 nitrogen and oxygen atoms in total. The average molecular weight is 665 g/mol. The van der Waals surface area contributed by atoms with Gasteiger partial charge in [-0.2, -0.15) is 0 Å². The van der Waals surface area contributed by atoms with E-state index >= 15 is 0 Å². The van der Waals surface area contributed by atoms with Crippen molar-refractivity contribution in [3.63, 3.8) is 0 Å². The summed E-state index contributed by atoms with van der Waals surface area (Å²) in [4.78, 5) is 0. The second-order valence-corrected chi connectivity index (χ2v) is 14.7. The molecule has 2 atom stereocenters. The van der Waals surface area contributed by atoms with E-state index in [2.05, 4.69) is 182 Å². The van der Waals surface area contributed by atoms with Gasteiger partial charge in [0.15, 0.2) is 0 Å². The minimum atomic E-state index is -0.481. The Labute approximate surface area is 303 Å². The molecular weight excluding hydrogens is 629 g/mol. The maximum atomic E-state index is 6.48. The number of furan rings is 1. The molecule has 1 heterocycles. The Bertz CT molecular complexity index is 2740. The van der Waals surface area contributed by atoms with Crippen molar-refractivity contribution in [2.45, 2.75) is 24.2 Å². The number of rotatable bonds is 4. The van der Waals surface area contributed by atoms with Gasteiger partial charge in [-0.3, -0.25) is 0 Å². The molecule has 0 spiro atoms. The van der Waals surface area contributed by atoms with Crippen LogP contribution in [0.2, 0.25) is 0 Å². The van der Waals surface area contributed by atoms with Gasteiger partial charge in [0.05, 0.1) is 5.41 Å². The molecule has 52 heavy (non-hydrogen) atoms. The third kappa shape index (κ3) is 4.23. The van der Waals surface area contributed by atoms with Crippen LogP contribution in [0.3, 0.4) is 0 Å². The molecule has 7 aromatic carbocycles. The number of allylic oxidation sites excluding steroid dienone is 6. The van der Waals surface area contributed by atoms with Crippen molar-refractivity contribution in [3.05, 3.63) is 221 Å². The highest BCUT2D eigenvalue weighted by Gasteiger charge is 2.51. The molecular formula is C51H36O. The highest BCUT2D eigenvalue weighted by Crippen LogP contribution is 2.63. The number of hydrogen-bond acceptors (Lipinski definition) is 1. The molecule has 0 bridgehead atoms. The maximum absolute atomic E-state index is 6.48. The normalized spacial score (nSPS) is 18.7. The van der Waals surface area contributed by atoms with Gasteiger partial charge in [-0.15, -0.1) is 0 Å². The van der Waals surface area contributed by atoms with Crippen molar-refractivity contribution in [1.29, 1.82) is 0 Å². The van der Waals surface area contributed by atoms with Crippen molar-refractivity contribution in [2.75, 3.05) is 0 Å². The third-order valence-corrected chi connectivity index (χ3v) is 12.0. The predicted molar refractivity (Wildman–Crippen MR) is 215 cm³/mol. The highest BCUT2D eigenvalue weighted by atomic mass is 16.3. The van der Waals surface area contributed by atoms with Crippen LogP contribution in [0.25, 0.3) is 49.4 Å². The number of hydrogen-bond donors (Lipinski definition) is 0. The zero-order valence-corrected chi connectivity index (χ0v) is 28.8. The molecule has 3 aliphatic rings. The number of fused-ring (bicyclic) bond motifs is 8. The zero-order chi connectivity index (χ0) is 34.2. The van der Waals surface area contributed by atoms with Crippen molar-refractivity contribution >= 4 is 38.3 Å². The molecule has 246 valence electrons. The molecule has 0 amide bonds. The van der Waals surface area contributed by atoms with Crippen molar-refractivity contribution in [2.24, 2.45) is 5.92 Å². The minimum absolute atomic E-state index is 0.211. The van der Waals surface area contributed by atoms with E-state index in [1.807, 2.05) is 0 Å². The second-order valence-electron chi connectivity index (χ2n) is 14.7. The SMILES string of the molecule is C1=CC2=C3C(=CC(c4ccc5oc6cc7ccccc7cc6c5c4)C2CC1)C(c1ccccc1)(c1ccccc1)c1cc(-c2ccccc2)ccc13. The standard InChI is InChI=1S/C51H36O/c1-4-14-33(15-5-1)36-24-26-42-46(30-36)51(38-18-6-2-7-19-38,39-20-8-3-9-21-39)47-32-43(40-22-12-13-23-41(40)50(42)47)37-25-27-48-44(29-37)45-28-34-16-10-11-17-35(34)31-49(45)52-48/h1-11,13-21,23-32,40,43H,12,22H2. The van der Waals surface area contributed by atoms with E-state index in [9.17, 15) is 0 Å². The van der Waals surface area contributed by atoms with Crippen LogP contribution in [0, 0.1) is 5.92 Å². The topological polar surface area (TPSA) is 13.1 Å². The smallest absolute Gasteiger partial charge is 0.136 e. The molecule has 2 unspecified atom stereocenters. The Morgan fingerprint density at radius 3 is 1.98 bits per heavy atom. The predicted octanol–water partition coefficient (Wildman–Crippen LogP) is 13.2. The van der Waals surface area contributed by atoms with Crippen LogP contribution in [0.15, 0.2) is 198 Å². The lowest BCUT2D eigenvalue weighted by Crippen LogP contribution is -2.31. The summed E-state index contributed by atoms with van der Waals surface area (Å²) in [6.07, 6.45) is 9.75. The fourth-order valence-electron chi connectivity index (χ4n) is 9.76. The molecule has 8 aromatic rings. The van der Waals surface area contributed by atoms with Crippen LogP contribution in [0.5, 0.6) is 0 Å². The molecule has 1 heteroatoms. The second kappa shape index (κ2) is 11.4. The summed E-state index contributed by atoms with van der Waals surface area (Å²) in [5, 5.41) is 4.82. The average Bonchev–Trinajstić information content (AvgIpc) is 3.72. The van der Waals surface area contributed by atoms with Gasteiger partial charge in [0.2, 0.25) is 0 Å². The van der Waals surface area contributed by atoms with Crippen molar-refractivity contribution in [1.82, 2.24) is 0 Å². The molecule has 3 aliphatic carbocycles. The molecule has 0 N–H and O–H groups in total. The van der Waals surface area contributed by atoms with Gasteiger partial charge in [0, 0.05) is 16.7 Å². The Hall–Kier alpha value is -6.18. The summed E-state index contributed by atoms with van der Waals surface area (Å²) in [7, 11) is 0. The zero-order valence-electron chi connectivity index (χ0n) is 28.8. The van der Waals surface area contributed by atoms with Crippen LogP contribution in [-0.4, -0.2) is 0 Å². The summed E-state index contributed by atoms with van der Waals surface area (Å²) in [5.74, 6) is 0.590. The van der Waals surface area contributed by atoms with E-state index in [1.54, 1.807) is 0 Å². The van der Waals surface area contributed by atoms with E-state index in [0.29, 0.717) is 5.92 Å². The lowest BCUT2D eigenvalue weighted by atomic mass is 9.62. The maximum Gasteiger partial charge on any atom is 0.136 e. The molecule has 0 saturated carbocycles.